The maximum atomic E-state index is 11.1. The van der Waals surface area contributed by atoms with Gasteiger partial charge < -0.3 is 16.4 Å². The second-order valence-corrected chi connectivity index (χ2v) is 6.41. The van der Waals surface area contributed by atoms with Gasteiger partial charge in [-0.2, -0.15) is 0 Å². The molecule has 1 amide bonds. The van der Waals surface area contributed by atoms with Crippen molar-refractivity contribution < 1.29 is 4.79 Å². The fraction of sp³-hybridized carbons (Fsp3) is 0.923. The minimum absolute atomic E-state index is 0.254. The summed E-state index contributed by atoms with van der Waals surface area (Å²) in [4.78, 5) is 13.4. The number of hydrogen-bond acceptors (Lipinski definition) is 3. The third kappa shape index (κ3) is 5.50. The molecular formula is C13H29N3O. The Bertz CT molecular complexity index is 256. The molecule has 0 saturated heterocycles. The molecule has 0 spiro atoms. The second-order valence-electron chi connectivity index (χ2n) is 6.41. The van der Waals surface area contributed by atoms with Gasteiger partial charge in [0.05, 0.1) is 5.54 Å². The van der Waals surface area contributed by atoms with Crippen LogP contribution < -0.4 is 11.5 Å². The molecule has 0 aromatic heterocycles. The Morgan fingerprint density at radius 1 is 1.29 bits per heavy atom. The molecule has 0 fully saturated rings. The van der Waals surface area contributed by atoms with Gasteiger partial charge in [-0.3, -0.25) is 4.79 Å². The molecule has 0 heterocycles. The van der Waals surface area contributed by atoms with E-state index in [4.69, 9.17) is 11.5 Å². The number of hydrogen-bond donors (Lipinski definition) is 2. The third-order valence-corrected chi connectivity index (χ3v) is 3.68. The van der Waals surface area contributed by atoms with Crippen LogP contribution in [-0.4, -0.2) is 36.0 Å². The first-order valence-corrected chi connectivity index (χ1v) is 6.27. The van der Waals surface area contributed by atoms with E-state index in [9.17, 15) is 4.79 Å². The van der Waals surface area contributed by atoms with Gasteiger partial charge in [-0.05, 0) is 45.7 Å². The van der Waals surface area contributed by atoms with E-state index in [1.807, 2.05) is 0 Å². The topological polar surface area (TPSA) is 72.3 Å². The zero-order valence-corrected chi connectivity index (χ0v) is 12.2. The summed E-state index contributed by atoms with van der Waals surface area (Å²) in [5.74, 6) is -0.427. The van der Waals surface area contributed by atoms with E-state index in [0.717, 1.165) is 13.0 Å². The number of carbonyl (C=O) groups excluding carboxylic acids is 1. The number of carbonyl (C=O) groups is 1. The molecule has 2 atom stereocenters. The van der Waals surface area contributed by atoms with E-state index in [1.54, 1.807) is 6.92 Å². The summed E-state index contributed by atoms with van der Waals surface area (Å²) >= 11 is 0. The normalized spacial score (nSPS) is 17.9. The van der Waals surface area contributed by atoms with Crippen LogP contribution in [0.1, 0.15) is 47.5 Å². The van der Waals surface area contributed by atoms with E-state index >= 15 is 0 Å². The molecule has 4 nitrogen and oxygen atoms in total. The summed E-state index contributed by atoms with van der Waals surface area (Å²) in [6.07, 6.45) is 1.51. The molecule has 4 N–H and O–H groups in total. The highest BCUT2D eigenvalue weighted by molar-refractivity contribution is 5.83. The van der Waals surface area contributed by atoms with Crippen LogP contribution in [0.2, 0.25) is 0 Å². The van der Waals surface area contributed by atoms with Crippen LogP contribution in [0, 0.1) is 5.41 Å². The van der Waals surface area contributed by atoms with Gasteiger partial charge in [0.15, 0.2) is 0 Å². The van der Waals surface area contributed by atoms with Crippen LogP contribution in [0.3, 0.4) is 0 Å². The van der Waals surface area contributed by atoms with Crippen LogP contribution in [0.25, 0.3) is 0 Å². The highest BCUT2D eigenvalue weighted by Crippen LogP contribution is 2.23. The standard InChI is InChI=1S/C13H29N3O/c1-10(12(2,3)4)16(6)9-7-8-13(5,15)11(14)17/h10H,7-9,15H2,1-6H3,(H2,14,17). The lowest BCUT2D eigenvalue weighted by Crippen LogP contribution is -2.49. The Labute approximate surface area is 106 Å². The van der Waals surface area contributed by atoms with Crippen LogP contribution in [0.5, 0.6) is 0 Å². The fourth-order valence-corrected chi connectivity index (χ4v) is 1.67. The Kier molecular flexibility index (Phi) is 5.62. The van der Waals surface area contributed by atoms with Crippen molar-refractivity contribution in [1.82, 2.24) is 4.90 Å². The van der Waals surface area contributed by atoms with E-state index in [1.165, 1.54) is 0 Å². The maximum Gasteiger partial charge on any atom is 0.237 e. The second kappa shape index (κ2) is 5.83. The molecule has 0 aromatic rings. The van der Waals surface area contributed by atoms with Crippen LogP contribution in [-0.2, 0) is 4.79 Å². The summed E-state index contributed by atoms with van der Waals surface area (Å²) in [6.45, 7) is 11.5. The number of amides is 1. The fourth-order valence-electron chi connectivity index (χ4n) is 1.67. The molecule has 0 rings (SSSR count). The van der Waals surface area contributed by atoms with Crippen molar-refractivity contribution in [3.63, 3.8) is 0 Å². The zero-order chi connectivity index (χ0) is 13.9. The van der Waals surface area contributed by atoms with Crippen molar-refractivity contribution in [2.75, 3.05) is 13.6 Å². The average Bonchev–Trinajstić information content (AvgIpc) is 2.14. The van der Waals surface area contributed by atoms with Crippen molar-refractivity contribution in [2.45, 2.75) is 59.0 Å². The van der Waals surface area contributed by atoms with Gasteiger partial charge in [0.2, 0.25) is 5.91 Å². The van der Waals surface area contributed by atoms with Gasteiger partial charge in [-0.15, -0.1) is 0 Å². The van der Waals surface area contributed by atoms with Crippen molar-refractivity contribution >= 4 is 5.91 Å². The first-order chi connectivity index (χ1) is 7.48. The predicted octanol–water partition coefficient (Wildman–Crippen LogP) is 1.34. The van der Waals surface area contributed by atoms with Gasteiger partial charge in [-0.25, -0.2) is 0 Å². The highest BCUT2D eigenvalue weighted by atomic mass is 16.1. The molecule has 0 aliphatic carbocycles. The van der Waals surface area contributed by atoms with Crippen LogP contribution in [0.15, 0.2) is 0 Å². The van der Waals surface area contributed by atoms with Gasteiger partial charge in [0, 0.05) is 6.04 Å². The summed E-state index contributed by atoms with van der Waals surface area (Å²) in [6, 6.07) is 0.486. The van der Waals surface area contributed by atoms with Crippen molar-refractivity contribution in [2.24, 2.45) is 16.9 Å². The molecule has 0 bridgehead atoms. The van der Waals surface area contributed by atoms with Gasteiger partial charge in [0.25, 0.3) is 0 Å². The Morgan fingerprint density at radius 3 is 2.12 bits per heavy atom. The summed E-state index contributed by atoms with van der Waals surface area (Å²) in [5, 5.41) is 0. The van der Waals surface area contributed by atoms with Crippen LogP contribution >= 0.6 is 0 Å². The number of rotatable bonds is 6. The quantitative estimate of drug-likeness (QED) is 0.739. The average molecular weight is 243 g/mol. The van der Waals surface area contributed by atoms with Gasteiger partial charge in [-0.1, -0.05) is 20.8 Å². The lowest BCUT2D eigenvalue weighted by Gasteiger charge is -2.35. The molecule has 4 heteroatoms. The lowest BCUT2D eigenvalue weighted by atomic mass is 9.87. The van der Waals surface area contributed by atoms with Gasteiger partial charge in [0.1, 0.15) is 0 Å². The van der Waals surface area contributed by atoms with E-state index in [2.05, 4.69) is 39.6 Å². The molecule has 0 aromatic carbocycles. The molecular weight excluding hydrogens is 214 g/mol. The molecule has 0 aliphatic heterocycles. The molecule has 2 unspecified atom stereocenters. The number of primary amides is 1. The summed E-state index contributed by atoms with van der Waals surface area (Å²) in [5.41, 5.74) is 10.4. The minimum atomic E-state index is -0.883. The third-order valence-electron chi connectivity index (χ3n) is 3.68. The number of nitrogens with two attached hydrogens (primary N) is 2. The minimum Gasteiger partial charge on any atom is -0.368 e. The van der Waals surface area contributed by atoms with Crippen molar-refractivity contribution in [3.05, 3.63) is 0 Å². The Hall–Kier alpha value is -0.610. The lowest BCUT2D eigenvalue weighted by molar-refractivity contribution is -0.122. The monoisotopic (exact) mass is 243 g/mol. The Balaban J connectivity index is 4.11. The predicted molar refractivity (Wildman–Crippen MR) is 72.6 cm³/mol. The molecule has 0 radical (unpaired) electrons. The highest BCUT2D eigenvalue weighted by Gasteiger charge is 2.27. The van der Waals surface area contributed by atoms with Crippen LogP contribution in [0.4, 0.5) is 0 Å². The van der Waals surface area contributed by atoms with E-state index in [-0.39, 0.29) is 5.41 Å². The first kappa shape index (κ1) is 16.4. The van der Waals surface area contributed by atoms with Crippen molar-refractivity contribution in [3.8, 4) is 0 Å². The SMILES string of the molecule is CC(N(C)CCCC(C)(N)C(N)=O)C(C)(C)C. The number of nitrogens with zero attached hydrogens (tertiary/aromatic N) is 1. The Morgan fingerprint density at radius 2 is 1.76 bits per heavy atom. The van der Waals surface area contributed by atoms with E-state index in [0.29, 0.717) is 12.5 Å². The summed E-state index contributed by atoms with van der Waals surface area (Å²) < 4.78 is 0. The maximum absolute atomic E-state index is 11.1. The largest absolute Gasteiger partial charge is 0.368 e. The smallest absolute Gasteiger partial charge is 0.237 e. The molecule has 17 heavy (non-hydrogen) atoms. The molecule has 0 saturated carbocycles. The van der Waals surface area contributed by atoms with E-state index < -0.39 is 11.4 Å². The van der Waals surface area contributed by atoms with Gasteiger partial charge >= 0.3 is 0 Å². The molecule has 102 valence electrons. The first-order valence-electron chi connectivity index (χ1n) is 6.27. The molecule has 0 aliphatic rings. The zero-order valence-electron chi connectivity index (χ0n) is 12.2. The summed E-state index contributed by atoms with van der Waals surface area (Å²) in [7, 11) is 2.11. The van der Waals surface area contributed by atoms with Crippen molar-refractivity contribution in [1.29, 1.82) is 0 Å².